The molecule has 0 aromatic heterocycles. The SMILES string of the molecule is CCCCCC(CC)CS(=O)(=O)OCC(C(N)=O)c1ccccc1. The van der Waals surface area contributed by atoms with Gasteiger partial charge in [-0.15, -0.1) is 0 Å². The fourth-order valence-electron chi connectivity index (χ4n) is 2.62. The molecule has 24 heavy (non-hydrogen) atoms. The lowest BCUT2D eigenvalue weighted by Crippen LogP contribution is -2.28. The highest BCUT2D eigenvalue weighted by molar-refractivity contribution is 7.86. The van der Waals surface area contributed by atoms with Crippen LogP contribution >= 0.6 is 0 Å². The smallest absolute Gasteiger partial charge is 0.267 e. The summed E-state index contributed by atoms with van der Waals surface area (Å²) in [5.74, 6) is -1.27. The highest BCUT2D eigenvalue weighted by Gasteiger charge is 2.24. The number of nitrogens with two attached hydrogens (primary N) is 1. The second kappa shape index (κ2) is 10.5. The maximum atomic E-state index is 12.2. The van der Waals surface area contributed by atoms with E-state index in [1.807, 2.05) is 13.0 Å². The number of primary amides is 1. The number of hydrogen-bond donors (Lipinski definition) is 1. The van der Waals surface area contributed by atoms with Crippen LogP contribution < -0.4 is 5.73 Å². The standard InChI is InChI=1S/C18H29NO4S/c1-3-5-7-10-15(4-2)14-24(21,22)23-13-17(18(19)20)16-11-8-6-9-12-16/h6,8-9,11-12,15,17H,3-5,7,10,13-14H2,1-2H3,(H2,19,20). The molecule has 1 amide bonds. The molecule has 0 aliphatic carbocycles. The van der Waals surface area contributed by atoms with Gasteiger partial charge in [0.2, 0.25) is 5.91 Å². The molecule has 0 spiro atoms. The van der Waals surface area contributed by atoms with E-state index in [0.29, 0.717) is 5.56 Å². The Morgan fingerprint density at radius 2 is 1.83 bits per heavy atom. The Labute approximate surface area is 145 Å². The predicted octanol–water partition coefficient (Wildman–Crippen LogP) is 3.21. The van der Waals surface area contributed by atoms with Crippen LogP contribution in [0.15, 0.2) is 30.3 Å². The molecule has 0 aliphatic rings. The molecule has 0 bridgehead atoms. The van der Waals surface area contributed by atoms with Crippen molar-refractivity contribution in [3.63, 3.8) is 0 Å². The van der Waals surface area contributed by atoms with Gasteiger partial charge in [-0.25, -0.2) is 0 Å². The first-order chi connectivity index (χ1) is 11.4. The zero-order valence-electron chi connectivity index (χ0n) is 14.6. The second-order valence-corrected chi connectivity index (χ2v) is 7.83. The molecule has 0 aliphatic heterocycles. The molecule has 5 nitrogen and oxygen atoms in total. The zero-order chi connectivity index (χ0) is 18.0. The van der Waals surface area contributed by atoms with E-state index in [1.165, 1.54) is 0 Å². The van der Waals surface area contributed by atoms with Crippen molar-refractivity contribution in [2.45, 2.75) is 51.9 Å². The predicted molar refractivity (Wildman–Crippen MR) is 96.0 cm³/mol. The minimum Gasteiger partial charge on any atom is -0.369 e. The van der Waals surface area contributed by atoms with Gasteiger partial charge in [0.15, 0.2) is 0 Å². The van der Waals surface area contributed by atoms with E-state index in [1.54, 1.807) is 24.3 Å². The molecular formula is C18H29NO4S. The number of carbonyl (C=O) groups excluding carboxylic acids is 1. The Kier molecular flexibility index (Phi) is 9.00. The van der Waals surface area contributed by atoms with E-state index >= 15 is 0 Å². The number of carbonyl (C=O) groups is 1. The van der Waals surface area contributed by atoms with E-state index in [4.69, 9.17) is 9.92 Å². The van der Waals surface area contributed by atoms with Gasteiger partial charge in [-0.2, -0.15) is 8.42 Å². The Balaban J connectivity index is 2.63. The summed E-state index contributed by atoms with van der Waals surface area (Å²) in [6.07, 6.45) is 4.92. The Morgan fingerprint density at radius 3 is 2.38 bits per heavy atom. The molecular weight excluding hydrogens is 326 g/mol. The van der Waals surface area contributed by atoms with Crippen molar-refractivity contribution in [3.8, 4) is 0 Å². The monoisotopic (exact) mass is 355 g/mol. The second-order valence-electron chi connectivity index (χ2n) is 6.14. The van der Waals surface area contributed by atoms with E-state index in [2.05, 4.69) is 6.92 Å². The maximum Gasteiger partial charge on any atom is 0.267 e. The number of hydrogen-bond acceptors (Lipinski definition) is 4. The van der Waals surface area contributed by atoms with Gasteiger partial charge in [-0.3, -0.25) is 8.98 Å². The lowest BCUT2D eigenvalue weighted by molar-refractivity contribution is -0.120. The van der Waals surface area contributed by atoms with Crippen molar-refractivity contribution in [3.05, 3.63) is 35.9 Å². The van der Waals surface area contributed by atoms with E-state index in [0.717, 1.165) is 32.1 Å². The van der Waals surface area contributed by atoms with Crippen LogP contribution in [0.3, 0.4) is 0 Å². The first-order valence-electron chi connectivity index (χ1n) is 8.61. The van der Waals surface area contributed by atoms with Crippen molar-refractivity contribution in [1.82, 2.24) is 0 Å². The number of amides is 1. The van der Waals surface area contributed by atoms with Gasteiger partial charge in [0, 0.05) is 0 Å². The quantitative estimate of drug-likeness (QED) is 0.461. The van der Waals surface area contributed by atoms with Crippen LogP contribution in [0.1, 0.15) is 57.4 Å². The van der Waals surface area contributed by atoms with Crippen LogP contribution in [-0.4, -0.2) is 26.7 Å². The van der Waals surface area contributed by atoms with E-state index < -0.39 is 21.9 Å². The molecule has 6 heteroatoms. The molecule has 136 valence electrons. The van der Waals surface area contributed by atoms with Crippen molar-refractivity contribution in [1.29, 1.82) is 0 Å². The molecule has 1 rings (SSSR count). The average Bonchev–Trinajstić information content (AvgIpc) is 2.54. The van der Waals surface area contributed by atoms with Crippen molar-refractivity contribution in [2.75, 3.05) is 12.4 Å². The van der Waals surface area contributed by atoms with Crippen molar-refractivity contribution >= 4 is 16.0 Å². The van der Waals surface area contributed by atoms with Crippen LogP contribution in [0, 0.1) is 5.92 Å². The molecule has 2 unspecified atom stereocenters. The Morgan fingerprint density at radius 1 is 1.17 bits per heavy atom. The maximum absolute atomic E-state index is 12.2. The van der Waals surface area contributed by atoms with Crippen LogP contribution in [-0.2, 0) is 19.1 Å². The Bertz CT molecular complexity index is 586. The summed E-state index contributed by atoms with van der Waals surface area (Å²) in [7, 11) is -3.67. The number of unbranched alkanes of at least 4 members (excludes halogenated alkanes) is 2. The first-order valence-corrected chi connectivity index (χ1v) is 10.2. The van der Waals surface area contributed by atoms with Gasteiger partial charge in [0.1, 0.15) is 0 Å². The molecule has 0 saturated carbocycles. The summed E-state index contributed by atoms with van der Waals surface area (Å²) in [5.41, 5.74) is 6.05. The summed E-state index contributed by atoms with van der Waals surface area (Å²) in [4.78, 5) is 11.6. The highest BCUT2D eigenvalue weighted by Crippen LogP contribution is 2.20. The van der Waals surface area contributed by atoms with Crippen molar-refractivity contribution < 1.29 is 17.4 Å². The normalized spacial score (nSPS) is 14.2. The molecule has 2 N–H and O–H groups in total. The van der Waals surface area contributed by atoms with E-state index in [-0.39, 0.29) is 18.3 Å². The molecule has 0 saturated heterocycles. The lowest BCUT2D eigenvalue weighted by atomic mass is 10.00. The lowest BCUT2D eigenvalue weighted by Gasteiger charge is -2.17. The van der Waals surface area contributed by atoms with Gasteiger partial charge in [-0.1, -0.05) is 69.9 Å². The minimum atomic E-state index is -3.67. The largest absolute Gasteiger partial charge is 0.369 e. The third-order valence-corrected chi connectivity index (χ3v) is 5.57. The van der Waals surface area contributed by atoms with Crippen LogP contribution in [0.5, 0.6) is 0 Å². The summed E-state index contributed by atoms with van der Waals surface area (Å²) < 4.78 is 29.6. The van der Waals surface area contributed by atoms with Crippen LogP contribution in [0.4, 0.5) is 0 Å². The molecule has 2 atom stereocenters. The Hall–Kier alpha value is -1.40. The van der Waals surface area contributed by atoms with Gasteiger partial charge in [0.05, 0.1) is 18.3 Å². The van der Waals surface area contributed by atoms with E-state index in [9.17, 15) is 13.2 Å². The van der Waals surface area contributed by atoms with Gasteiger partial charge in [-0.05, 0) is 17.9 Å². The fourth-order valence-corrected chi connectivity index (χ4v) is 4.04. The molecule has 0 heterocycles. The minimum absolute atomic E-state index is 0.00646. The summed E-state index contributed by atoms with van der Waals surface area (Å²) >= 11 is 0. The van der Waals surface area contributed by atoms with Gasteiger partial charge < -0.3 is 5.73 Å². The molecule has 0 fully saturated rings. The molecule has 1 aromatic rings. The third kappa shape index (κ3) is 7.45. The van der Waals surface area contributed by atoms with Crippen LogP contribution in [0.25, 0.3) is 0 Å². The fraction of sp³-hybridized carbons (Fsp3) is 0.611. The molecule has 1 aromatic carbocycles. The zero-order valence-corrected chi connectivity index (χ0v) is 15.4. The average molecular weight is 356 g/mol. The number of benzene rings is 1. The highest BCUT2D eigenvalue weighted by atomic mass is 32.2. The summed E-state index contributed by atoms with van der Waals surface area (Å²) in [5, 5.41) is 0. The van der Waals surface area contributed by atoms with Gasteiger partial charge in [0.25, 0.3) is 10.1 Å². The summed E-state index contributed by atoms with van der Waals surface area (Å²) in [6.45, 7) is 3.86. The molecule has 0 radical (unpaired) electrons. The summed E-state index contributed by atoms with van der Waals surface area (Å²) in [6, 6.07) is 8.86. The topological polar surface area (TPSA) is 86.5 Å². The third-order valence-electron chi connectivity index (χ3n) is 4.19. The number of rotatable bonds is 12. The van der Waals surface area contributed by atoms with Crippen molar-refractivity contribution in [2.24, 2.45) is 11.7 Å². The first kappa shape index (κ1) is 20.6. The van der Waals surface area contributed by atoms with Crippen LogP contribution in [0.2, 0.25) is 0 Å². The van der Waals surface area contributed by atoms with Gasteiger partial charge >= 0.3 is 0 Å².